The summed E-state index contributed by atoms with van der Waals surface area (Å²) in [6.45, 7) is 3.95. The van der Waals surface area contributed by atoms with Crippen LogP contribution in [0.2, 0.25) is 0 Å². The van der Waals surface area contributed by atoms with Gasteiger partial charge < -0.3 is 15.3 Å². The Bertz CT molecular complexity index is 185. The van der Waals surface area contributed by atoms with E-state index in [-0.39, 0.29) is 6.42 Å². The lowest BCUT2D eigenvalue weighted by Gasteiger charge is -2.10. The van der Waals surface area contributed by atoms with Crippen LogP contribution >= 0.6 is 0 Å². The van der Waals surface area contributed by atoms with Gasteiger partial charge in [0.25, 0.3) is 0 Å². The van der Waals surface area contributed by atoms with Crippen molar-refractivity contribution in [3.05, 3.63) is 0 Å². The van der Waals surface area contributed by atoms with Crippen molar-refractivity contribution in [1.29, 1.82) is 0 Å². The van der Waals surface area contributed by atoms with Crippen molar-refractivity contribution in [1.82, 2.24) is 10.2 Å². The van der Waals surface area contributed by atoms with Crippen molar-refractivity contribution in [2.45, 2.75) is 19.3 Å². The van der Waals surface area contributed by atoms with Gasteiger partial charge in [0.05, 0.1) is 6.42 Å². The first-order valence-corrected chi connectivity index (χ1v) is 5.29. The summed E-state index contributed by atoms with van der Waals surface area (Å²) in [5.41, 5.74) is 0. The number of hydrogen-bond acceptors (Lipinski definition) is 3. The second kappa shape index (κ2) is 5.98. The maximum Gasteiger partial charge on any atom is 0.304 e. The molecule has 0 aromatic carbocycles. The Kier molecular flexibility index (Phi) is 4.90. The summed E-state index contributed by atoms with van der Waals surface area (Å²) in [6.07, 6.45) is 2.69. The maximum atomic E-state index is 10.2. The molecule has 1 heterocycles. The number of carboxylic acid groups (broad SMARTS) is 1. The summed E-state index contributed by atoms with van der Waals surface area (Å²) in [7, 11) is 2.15. The lowest BCUT2D eigenvalue weighted by molar-refractivity contribution is -0.136. The molecule has 1 unspecified atom stereocenters. The largest absolute Gasteiger partial charge is 0.481 e. The number of rotatable bonds is 6. The summed E-state index contributed by atoms with van der Waals surface area (Å²) in [6, 6.07) is 0. The highest BCUT2D eigenvalue weighted by molar-refractivity contribution is 5.66. The van der Waals surface area contributed by atoms with Crippen molar-refractivity contribution in [3.8, 4) is 0 Å². The molecule has 1 rings (SSSR count). The summed E-state index contributed by atoms with van der Waals surface area (Å²) < 4.78 is 0. The molecule has 4 nitrogen and oxygen atoms in total. The lowest BCUT2D eigenvalue weighted by atomic mass is 10.1. The van der Waals surface area contributed by atoms with Gasteiger partial charge in [-0.25, -0.2) is 0 Å². The van der Waals surface area contributed by atoms with Gasteiger partial charge in [0.1, 0.15) is 0 Å². The third-order valence-electron chi connectivity index (χ3n) is 2.73. The van der Waals surface area contributed by atoms with Crippen LogP contribution in [0.3, 0.4) is 0 Å². The quantitative estimate of drug-likeness (QED) is 0.609. The smallest absolute Gasteiger partial charge is 0.304 e. The molecule has 4 heteroatoms. The predicted molar refractivity (Wildman–Crippen MR) is 55.3 cm³/mol. The third-order valence-corrected chi connectivity index (χ3v) is 2.73. The van der Waals surface area contributed by atoms with Gasteiger partial charge in [-0.3, -0.25) is 4.79 Å². The summed E-state index contributed by atoms with van der Waals surface area (Å²) >= 11 is 0. The number of likely N-dealkylation sites (tertiary alicyclic amines) is 1. The van der Waals surface area contributed by atoms with Crippen LogP contribution in [0.25, 0.3) is 0 Å². The molecule has 1 fully saturated rings. The SMILES string of the molecule is CN1CCC(CCNCCC(=O)O)C1. The van der Waals surface area contributed by atoms with Gasteiger partial charge in [0.15, 0.2) is 0 Å². The average Bonchev–Trinajstić information content (AvgIpc) is 2.50. The zero-order valence-electron chi connectivity index (χ0n) is 8.83. The minimum absolute atomic E-state index is 0.227. The second-order valence-corrected chi connectivity index (χ2v) is 4.10. The molecule has 1 atom stereocenters. The van der Waals surface area contributed by atoms with Crippen molar-refractivity contribution in [2.75, 3.05) is 33.2 Å². The van der Waals surface area contributed by atoms with E-state index in [1.54, 1.807) is 0 Å². The normalized spacial score (nSPS) is 22.8. The Morgan fingerprint density at radius 3 is 2.93 bits per heavy atom. The van der Waals surface area contributed by atoms with Crippen molar-refractivity contribution in [3.63, 3.8) is 0 Å². The Balaban J connectivity index is 1.91. The highest BCUT2D eigenvalue weighted by Crippen LogP contribution is 2.16. The molecule has 0 radical (unpaired) electrons. The van der Waals surface area contributed by atoms with E-state index in [0.717, 1.165) is 12.5 Å². The second-order valence-electron chi connectivity index (χ2n) is 4.10. The van der Waals surface area contributed by atoms with Gasteiger partial charge in [-0.1, -0.05) is 0 Å². The maximum absolute atomic E-state index is 10.2. The van der Waals surface area contributed by atoms with E-state index in [0.29, 0.717) is 6.54 Å². The van der Waals surface area contributed by atoms with Crippen LogP contribution in [0.4, 0.5) is 0 Å². The topological polar surface area (TPSA) is 52.6 Å². The molecule has 1 aliphatic heterocycles. The van der Waals surface area contributed by atoms with Gasteiger partial charge in [0, 0.05) is 13.1 Å². The molecule has 82 valence electrons. The van der Waals surface area contributed by atoms with Gasteiger partial charge in [0.2, 0.25) is 0 Å². The van der Waals surface area contributed by atoms with Gasteiger partial charge in [-0.05, 0) is 38.9 Å². The van der Waals surface area contributed by atoms with Crippen LogP contribution < -0.4 is 5.32 Å². The van der Waals surface area contributed by atoms with Crippen molar-refractivity contribution >= 4 is 5.97 Å². The standard InChI is InChI=1S/C10H20N2O2/c1-12-7-4-9(8-12)2-5-11-6-3-10(13)14/h9,11H,2-8H2,1H3,(H,13,14). The number of hydrogen-bond donors (Lipinski definition) is 2. The first-order chi connectivity index (χ1) is 6.68. The summed E-state index contributed by atoms with van der Waals surface area (Å²) in [4.78, 5) is 12.6. The number of nitrogens with zero attached hydrogens (tertiary/aromatic N) is 1. The van der Waals surface area contributed by atoms with E-state index < -0.39 is 5.97 Å². The van der Waals surface area contributed by atoms with Gasteiger partial charge in [-0.2, -0.15) is 0 Å². The molecular formula is C10H20N2O2. The molecule has 0 bridgehead atoms. The third kappa shape index (κ3) is 4.58. The molecule has 0 spiro atoms. The first-order valence-electron chi connectivity index (χ1n) is 5.29. The molecule has 0 saturated carbocycles. The molecule has 0 aliphatic carbocycles. The minimum atomic E-state index is -0.724. The molecule has 1 aliphatic rings. The molecule has 2 N–H and O–H groups in total. The molecule has 0 aromatic rings. The van der Waals surface area contributed by atoms with E-state index >= 15 is 0 Å². The van der Waals surface area contributed by atoms with Gasteiger partial charge in [-0.15, -0.1) is 0 Å². The van der Waals surface area contributed by atoms with E-state index in [4.69, 9.17) is 5.11 Å². The Morgan fingerprint density at radius 1 is 1.57 bits per heavy atom. The van der Waals surface area contributed by atoms with Crippen LogP contribution in [-0.4, -0.2) is 49.2 Å². The lowest BCUT2D eigenvalue weighted by Crippen LogP contribution is -2.22. The van der Waals surface area contributed by atoms with Gasteiger partial charge >= 0.3 is 5.97 Å². The molecular weight excluding hydrogens is 180 g/mol. The predicted octanol–water partition coefficient (Wildman–Crippen LogP) is 0.393. The molecule has 0 amide bonds. The zero-order chi connectivity index (χ0) is 10.4. The Morgan fingerprint density at radius 2 is 2.36 bits per heavy atom. The summed E-state index contributed by atoms with van der Waals surface area (Å²) in [5, 5.41) is 11.6. The van der Waals surface area contributed by atoms with Crippen LogP contribution in [0.5, 0.6) is 0 Å². The minimum Gasteiger partial charge on any atom is -0.481 e. The zero-order valence-corrected chi connectivity index (χ0v) is 8.83. The van der Waals surface area contributed by atoms with E-state index in [1.807, 2.05) is 0 Å². The fraction of sp³-hybridized carbons (Fsp3) is 0.900. The molecule has 14 heavy (non-hydrogen) atoms. The fourth-order valence-electron chi connectivity index (χ4n) is 1.89. The monoisotopic (exact) mass is 200 g/mol. The Hall–Kier alpha value is -0.610. The van der Waals surface area contributed by atoms with E-state index in [2.05, 4.69) is 17.3 Å². The van der Waals surface area contributed by atoms with E-state index in [9.17, 15) is 4.79 Å². The number of nitrogens with one attached hydrogen (secondary N) is 1. The number of aliphatic carboxylic acids is 1. The van der Waals surface area contributed by atoms with Crippen LogP contribution in [0.15, 0.2) is 0 Å². The highest BCUT2D eigenvalue weighted by atomic mass is 16.4. The van der Waals surface area contributed by atoms with E-state index in [1.165, 1.54) is 25.9 Å². The fourth-order valence-corrected chi connectivity index (χ4v) is 1.89. The Labute approximate surface area is 85.3 Å². The van der Waals surface area contributed by atoms with Crippen LogP contribution in [0.1, 0.15) is 19.3 Å². The average molecular weight is 200 g/mol. The van der Waals surface area contributed by atoms with Crippen LogP contribution in [0, 0.1) is 5.92 Å². The summed E-state index contributed by atoms with van der Waals surface area (Å²) in [5.74, 6) is 0.0791. The first kappa shape index (κ1) is 11.5. The van der Waals surface area contributed by atoms with Crippen molar-refractivity contribution in [2.24, 2.45) is 5.92 Å². The molecule has 0 aromatic heterocycles. The molecule has 1 saturated heterocycles. The highest BCUT2D eigenvalue weighted by Gasteiger charge is 2.18. The number of carbonyl (C=O) groups is 1. The van der Waals surface area contributed by atoms with Crippen molar-refractivity contribution < 1.29 is 9.90 Å². The van der Waals surface area contributed by atoms with Crippen LogP contribution in [-0.2, 0) is 4.79 Å². The number of carboxylic acids is 1.